The lowest BCUT2D eigenvalue weighted by Crippen LogP contribution is -2.05. The van der Waals surface area contributed by atoms with Crippen LogP contribution in [0.3, 0.4) is 0 Å². The van der Waals surface area contributed by atoms with E-state index >= 15 is 0 Å². The van der Waals surface area contributed by atoms with Crippen LogP contribution in [-0.2, 0) is 16.1 Å². The van der Waals surface area contributed by atoms with E-state index in [4.69, 9.17) is 4.74 Å². The Kier molecular flexibility index (Phi) is 4.05. The Morgan fingerprint density at radius 2 is 2.16 bits per heavy atom. The average molecular weight is 257 g/mol. The van der Waals surface area contributed by atoms with Gasteiger partial charge in [0.2, 0.25) is 0 Å². The van der Waals surface area contributed by atoms with Gasteiger partial charge in [0.25, 0.3) is 0 Å². The van der Waals surface area contributed by atoms with E-state index in [1.165, 1.54) is 23.6 Å². The fraction of sp³-hybridized carbons (Fsp3) is 0.312. The van der Waals surface area contributed by atoms with Crippen LogP contribution in [0.4, 0.5) is 0 Å². The average Bonchev–Trinajstić information content (AvgIpc) is 2.81. The maximum Gasteiger partial charge on any atom is 0.333 e. The van der Waals surface area contributed by atoms with E-state index in [0.717, 1.165) is 5.57 Å². The van der Waals surface area contributed by atoms with Gasteiger partial charge in [-0.3, -0.25) is 0 Å². The lowest BCUT2D eigenvalue weighted by molar-refractivity contribution is -0.136. The number of aryl methyl sites for hydroxylation is 1. The number of ether oxygens (including phenoxy) is 1. The van der Waals surface area contributed by atoms with Crippen molar-refractivity contribution < 1.29 is 9.53 Å². The number of fused-ring (bicyclic) bond motifs is 1. The Balaban J connectivity index is 2.26. The zero-order valence-corrected chi connectivity index (χ0v) is 11.6. The highest BCUT2D eigenvalue weighted by Gasteiger charge is 2.06. The predicted molar refractivity (Wildman–Crippen MR) is 77.1 cm³/mol. The molecule has 0 bridgehead atoms. The molecule has 3 heteroatoms. The first kappa shape index (κ1) is 13.4. The molecule has 0 saturated carbocycles. The fourth-order valence-electron chi connectivity index (χ4n) is 2.19. The summed E-state index contributed by atoms with van der Waals surface area (Å²) in [4.78, 5) is 11.5. The third kappa shape index (κ3) is 2.87. The molecule has 0 saturated heterocycles. The molecule has 1 heterocycles. The maximum absolute atomic E-state index is 11.5. The molecule has 2 rings (SSSR count). The first-order chi connectivity index (χ1) is 9.15. The van der Waals surface area contributed by atoms with Crippen LogP contribution in [0.1, 0.15) is 18.9 Å². The van der Waals surface area contributed by atoms with Crippen molar-refractivity contribution >= 4 is 16.9 Å². The van der Waals surface area contributed by atoms with Gasteiger partial charge in [0.15, 0.2) is 0 Å². The van der Waals surface area contributed by atoms with E-state index in [2.05, 4.69) is 35.8 Å². The van der Waals surface area contributed by atoms with Gasteiger partial charge in [0.1, 0.15) is 0 Å². The van der Waals surface area contributed by atoms with Gasteiger partial charge in [-0.15, -0.1) is 0 Å². The van der Waals surface area contributed by atoms with Crippen LogP contribution in [-0.4, -0.2) is 17.6 Å². The summed E-state index contributed by atoms with van der Waals surface area (Å²) in [5, 5.41) is 1.23. The standard InChI is InChI=1S/C16H19NO2/c1-4-13(16(18)19-3)7-9-17-10-8-14-11-12(2)5-6-15(14)17/h5-8,10-11H,4,9H2,1-3H3. The zero-order chi connectivity index (χ0) is 13.8. The van der Waals surface area contributed by atoms with Crippen LogP contribution in [0.15, 0.2) is 42.1 Å². The Labute approximate surface area is 113 Å². The van der Waals surface area contributed by atoms with Crippen molar-refractivity contribution in [3.63, 3.8) is 0 Å². The number of methoxy groups -OCH3 is 1. The zero-order valence-electron chi connectivity index (χ0n) is 11.6. The quantitative estimate of drug-likeness (QED) is 0.620. The Morgan fingerprint density at radius 3 is 2.84 bits per heavy atom. The summed E-state index contributed by atoms with van der Waals surface area (Å²) in [7, 11) is 1.42. The number of carbonyl (C=O) groups is 1. The Hall–Kier alpha value is -2.03. The Bertz CT molecular complexity index is 623. The van der Waals surface area contributed by atoms with Gasteiger partial charge in [-0.2, -0.15) is 0 Å². The van der Waals surface area contributed by atoms with E-state index in [9.17, 15) is 4.79 Å². The molecule has 0 aliphatic heterocycles. The molecular formula is C16H19NO2. The van der Waals surface area contributed by atoms with E-state index in [1.807, 2.05) is 19.2 Å². The van der Waals surface area contributed by atoms with E-state index in [1.54, 1.807) is 0 Å². The molecule has 0 aliphatic carbocycles. The second-order valence-corrected chi connectivity index (χ2v) is 4.60. The first-order valence-electron chi connectivity index (χ1n) is 6.48. The van der Waals surface area contributed by atoms with Crippen LogP contribution in [0.25, 0.3) is 10.9 Å². The van der Waals surface area contributed by atoms with Gasteiger partial charge < -0.3 is 9.30 Å². The number of benzene rings is 1. The van der Waals surface area contributed by atoms with Crippen molar-refractivity contribution in [3.8, 4) is 0 Å². The topological polar surface area (TPSA) is 31.2 Å². The van der Waals surface area contributed by atoms with Gasteiger partial charge in [-0.1, -0.05) is 24.6 Å². The summed E-state index contributed by atoms with van der Waals surface area (Å²) in [5.41, 5.74) is 3.16. The van der Waals surface area contributed by atoms with E-state index < -0.39 is 0 Å². The highest BCUT2D eigenvalue weighted by molar-refractivity contribution is 5.88. The second-order valence-electron chi connectivity index (χ2n) is 4.60. The van der Waals surface area contributed by atoms with Crippen LogP contribution in [0.2, 0.25) is 0 Å². The molecule has 3 nitrogen and oxygen atoms in total. The minimum atomic E-state index is -0.241. The van der Waals surface area contributed by atoms with E-state index in [0.29, 0.717) is 13.0 Å². The minimum absolute atomic E-state index is 0.241. The summed E-state index contributed by atoms with van der Waals surface area (Å²) in [6.45, 7) is 4.73. The van der Waals surface area contributed by atoms with Crippen molar-refractivity contribution in [1.82, 2.24) is 4.57 Å². The molecule has 1 aromatic carbocycles. The summed E-state index contributed by atoms with van der Waals surface area (Å²) >= 11 is 0. The summed E-state index contributed by atoms with van der Waals surface area (Å²) in [6.07, 6.45) is 4.67. The molecule has 100 valence electrons. The number of nitrogens with zero attached hydrogens (tertiary/aromatic N) is 1. The SMILES string of the molecule is CCC(=CCn1ccc2cc(C)ccc21)C(=O)OC. The summed E-state index contributed by atoms with van der Waals surface area (Å²) < 4.78 is 6.89. The van der Waals surface area contributed by atoms with Gasteiger partial charge >= 0.3 is 5.97 Å². The molecule has 0 spiro atoms. The van der Waals surface area contributed by atoms with Crippen LogP contribution in [0.5, 0.6) is 0 Å². The smallest absolute Gasteiger partial charge is 0.333 e. The van der Waals surface area contributed by atoms with Gasteiger partial charge in [-0.05, 0) is 36.9 Å². The third-order valence-corrected chi connectivity index (χ3v) is 3.29. The molecule has 1 aromatic heterocycles. The molecule has 19 heavy (non-hydrogen) atoms. The molecule has 0 unspecified atom stereocenters. The lowest BCUT2D eigenvalue weighted by atomic mass is 10.2. The molecule has 0 amide bonds. The van der Waals surface area contributed by atoms with Crippen LogP contribution < -0.4 is 0 Å². The van der Waals surface area contributed by atoms with Crippen molar-refractivity contribution in [2.45, 2.75) is 26.8 Å². The fourth-order valence-corrected chi connectivity index (χ4v) is 2.19. The second kappa shape index (κ2) is 5.74. The number of hydrogen-bond acceptors (Lipinski definition) is 2. The van der Waals surface area contributed by atoms with Gasteiger partial charge in [-0.25, -0.2) is 4.79 Å². The lowest BCUT2D eigenvalue weighted by Gasteiger charge is -2.05. The van der Waals surface area contributed by atoms with Gasteiger partial charge in [0, 0.05) is 23.8 Å². The summed E-state index contributed by atoms with van der Waals surface area (Å²) in [6, 6.07) is 8.47. The summed E-state index contributed by atoms with van der Waals surface area (Å²) in [5.74, 6) is -0.241. The minimum Gasteiger partial charge on any atom is -0.466 e. The third-order valence-electron chi connectivity index (χ3n) is 3.29. The predicted octanol–water partition coefficient (Wildman–Crippen LogP) is 3.46. The van der Waals surface area contributed by atoms with Gasteiger partial charge in [0.05, 0.1) is 7.11 Å². The highest BCUT2D eigenvalue weighted by Crippen LogP contribution is 2.17. The van der Waals surface area contributed by atoms with Crippen molar-refractivity contribution in [2.24, 2.45) is 0 Å². The number of aromatic nitrogens is 1. The highest BCUT2D eigenvalue weighted by atomic mass is 16.5. The maximum atomic E-state index is 11.5. The molecule has 0 radical (unpaired) electrons. The first-order valence-corrected chi connectivity index (χ1v) is 6.48. The normalized spacial score (nSPS) is 11.8. The Morgan fingerprint density at radius 1 is 1.37 bits per heavy atom. The number of esters is 1. The molecule has 0 fully saturated rings. The molecule has 0 aliphatic rings. The van der Waals surface area contributed by atoms with Crippen molar-refractivity contribution in [2.75, 3.05) is 7.11 Å². The number of allylic oxidation sites excluding steroid dienone is 1. The van der Waals surface area contributed by atoms with Crippen molar-refractivity contribution in [3.05, 3.63) is 47.7 Å². The number of carbonyl (C=O) groups excluding carboxylic acids is 1. The van der Waals surface area contributed by atoms with Crippen LogP contribution in [0, 0.1) is 6.92 Å². The van der Waals surface area contributed by atoms with Crippen LogP contribution >= 0.6 is 0 Å². The molecular weight excluding hydrogens is 238 g/mol. The molecule has 0 atom stereocenters. The molecule has 0 N–H and O–H groups in total. The molecule has 2 aromatic rings. The largest absolute Gasteiger partial charge is 0.466 e. The monoisotopic (exact) mass is 257 g/mol. The number of hydrogen-bond donors (Lipinski definition) is 0. The van der Waals surface area contributed by atoms with Crippen molar-refractivity contribution in [1.29, 1.82) is 0 Å². The van der Waals surface area contributed by atoms with E-state index in [-0.39, 0.29) is 5.97 Å². The number of rotatable bonds is 4.